The Kier molecular flexibility index (Phi) is 4.46. The number of ketones is 1. The predicted molar refractivity (Wildman–Crippen MR) is 77.4 cm³/mol. The summed E-state index contributed by atoms with van der Waals surface area (Å²) in [4.78, 5) is 11.2. The van der Waals surface area contributed by atoms with Gasteiger partial charge in [-0.05, 0) is 31.2 Å². The minimum absolute atomic E-state index is 0.0817. The fraction of sp³-hybridized carbons (Fsp3) is 0.133. The number of carbonyl (C=O) groups is 1. The summed E-state index contributed by atoms with van der Waals surface area (Å²) in [7, 11) is 0. The van der Waals surface area contributed by atoms with Gasteiger partial charge in [0.25, 0.3) is 0 Å². The highest BCUT2D eigenvalue weighted by molar-refractivity contribution is 6.35. The van der Waals surface area contributed by atoms with Crippen molar-refractivity contribution in [3.05, 3.63) is 58.1 Å². The van der Waals surface area contributed by atoms with Crippen molar-refractivity contribution in [2.45, 2.75) is 13.3 Å². The van der Waals surface area contributed by atoms with E-state index in [1.165, 1.54) is 0 Å². The van der Waals surface area contributed by atoms with Crippen LogP contribution in [-0.2, 0) is 11.2 Å². The molecule has 0 saturated heterocycles. The number of hydrogen-bond acceptors (Lipinski definition) is 2. The minimum atomic E-state index is 0.0817. The molecule has 0 aromatic heterocycles. The Bertz CT molecular complexity index is 609. The van der Waals surface area contributed by atoms with Gasteiger partial charge in [0.05, 0.1) is 5.02 Å². The third-order valence-corrected chi connectivity index (χ3v) is 3.06. The van der Waals surface area contributed by atoms with Crippen LogP contribution in [-0.4, -0.2) is 5.78 Å². The Labute approximate surface area is 121 Å². The van der Waals surface area contributed by atoms with E-state index >= 15 is 0 Å². The maximum Gasteiger partial charge on any atom is 0.146 e. The van der Waals surface area contributed by atoms with Crippen molar-refractivity contribution in [1.82, 2.24) is 0 Å². The van der Waals surface area contributed by atoms with Crippen molar-refractivity contribution in [2.24, 2.45) is 0 Å². The van der Waals surface area contributed by atoms with E-state index in [0.29, 0.717) is 28.0 Å². The lowest BCUT2D eigenvalue weighted by Crippen LogP contribution is -1.99. The summed E-state index contributed by atoms with van der Waals surface area (Å²) in [6, 6.07) is 12.4. The number of benzene rings is 2. The number of hydrogen-bond donors (Lipinski definition) is 0. The van der Waals surface area contributed by atoms with Crippen LogP contribution in [0.4, 0.5) is 0 Å². The number of ether oxygens (including phenoxy) is 1. The summed E-state index contributed by atoms with van der Waals surface area (Å²) in [6.07, 6.45) is 0.335. The van der Waals surface area contributed by atoms with Crippen LogP contribution in [0, 0.1) is 0 Å². The quantitative estimate of drug-likeness (QED) is 0.800. The monoisotopic (exact) mass is 294 g/mol. The van der Waals surface area contributed by atoms with E-state index in [1.54, 1.807) is 25.1 Å². The smallest absolute Gasteiger partial charge is 0.146 e. The molecule has 2 nitrogen and oxygen atoms in total. The van der Waals surface area contributed by atoms with Crippen LogP contribution in [0.15, 0.2) is 42.5 Å². The fourth-order valence-corrected chi connectivity index (χ4v) is 2.14. The van der Waals surface area contributed by atoms with Gasteiger partial charge in [0.15, 0.2) is 0 Å². The zero-order valence-electron chi connectivity index (χ0n) is 10.3. The maximum absolute atomic E-state index is 11.2. The molecule has 0 saturated carbocycles. The van der Waals surface area contributed by atoms with E-state index in [4.69, 9.17) is 27.9 Å². The van der Waals surface area contributed by atoms with Crippen molar-refractivity contribution in [3.8, 4) is 11.5 Å². The van der Waals surface area contributed by atoms with E-state index in [1.807, 2.05) is 24.3 Å². The van der Waals surface area contributed by atoms with Crippen molar-refractivity contribution < 1.29 is 9.53 Å². The highest BCUT2D eigenvalue weighted by Gasteiger charge is 2.09. The Morgan fingerprint density at radius 1 is 1.11 bits per heavy atom. The average Bonchev–Trinajstić information content (AvgIpc) is 2.34. The van der Waals surface area contributed by atoms with Gasteiger partial charge in [0.2, 0.25) is 0 Å². The molecule has 98 valence electrons. The summed E-state index contributed by atoms with van der Waals surface area (Å²) in [5, 5.41) is 0.986. The van der Waals surface area contributed by atoms with Crippen molar-refractivity contribution in [3.63, 3.8) is 0 Å². The van der Waals surface area contributed by atoms with Gasteiger partial charge in [-0.15, -0.1) is 0 Å². The van der Waals surface area contributed by atoms with Crippen LogP contribution in [0.1, 0.15) is 12.5 Å². The van der Waals surface area contributed by atoms with E-state index in [9.17, 15) is 4.79 Å². The SMILES string of the molecule is CC(=O)Cc1ccccc1Oc1ccc(Cl)cc1Cl. The van der Waals surface area contributed by atoms with E-state index in [-0.39, 0.29) is 5.78 Å². The number of halogens is 2. The summed E-state index contributed by atoms with van der Waals surface area (Å²) in [5.41, 5.74) is 0.834. The molecule has 0 unspecified atom stereocenters. The second-order valence-electron chi connectivity index (χ2n) is 4.16. The second kappa shape index (κ2) is 6.09. The average molecular weight is 295 g/mol. The highest BCUT2D eigenvalue weighted by Crippen LogP contribution is 2.33. The first-order valence-electron chi connectivity index (χ1n) is 5.76. The molecule has 0 radical (unpaired) electrons. The van der Waals surface area contributed by atoms with Gasteiger partial charge < -0.3 is 4.74 Å². The van der Waals surface area contributed by atoms with Crippen molar-refractivity contribution >= 4 is 29.0 Å². The molecular weight excluding hydrogens is 283 g/mol. The molecule has 2 aromatic rings. The first kappa shape index (κ1) is 13.9. The molecule has 0 spiro atoms. The molecule has 2 aromatic carbocycles. The van der Waals surface area contributed by atoms with E-state index < -0.39 is 0 Å². The van der Waals surface area contributed by atoms with Crippen LogP contribution >= 0.6 is 23.2 Å². The van der Waals surface area contributed by atoms with Crippen LogP contribution in [0.2, 0.25) is 10.0 Å². The number of para-hydroxylation sites is 1. The standard InChI is InChI=1S/C15H12Cl2O2/c1-10(18)8-11-4-2-3-5-14(11)19-15-7-6-12(16)9-13(15)17/h2-7,9H,8H2,1H3. The van der Waals surface area contributed by atoms with E-state index in [2.05, 4.69) is 0 Å². The molecule has 0 atom stereocenters. The lowest BCUT2D eigenvalue weighted by atomic mass is 10.1. The number of rotatable bonds is 4. The van der Waals surface area contributed by atoms with Gasteiger partial charge in [-0.25, -0.2) is 0 Å². The largest absolute Gasteiger partial charge is 0.456 e. The zero-order valence-corrected chi connectivity index (χ0v) is 11.8. The Balaban J connectivity index is 2.30. The normalized spacial score (nSPS) is 10.3. The number of Topliss-reactive ketones (excluding diaryl/α,β-unsaturated/α-hetero) is 1. The summed E-state index contributed by atoms with van der Waals surface area (Å²) in [6.45, 7) is 1.55. The first-order valence-corrected chi connectivity index (χ1v) is 6.52. The summed E-state index contributed by atoms with van der Waals surface area (Å²) < 4.78 is 5.75. The molecule has 0 fully saturated rings. The Morgan fingerprint density at radius 3 is 2.53 bits per heavy atom. The zero-order chi connectivity index (χ0) is 13.8. The molecule has 0 aliphatic rings. The molecule has 0 N–H and O–H groups in total. The van der Waals surface area contributed by atoms with E-state index in [0.717, 1.165) is 5.56 Å². The fourth-order valence-electron chi connectivity index (χ4n) is 1.69. The minimum Gasteiger partial charge on any atom is -0.456 e. The van der Waals surface area contributed by atoms with Gasteiger partial charge in [-0.2, -0.15) is 0 Å². The highest BCUT2D eigenvalue weighted by atomic mass is 35.5. The van der Waals surface area contributed by atoms with Crippen LogP contribution < -0.4 is 4.74 Å². The molecular formula is C15H12Cl2O2. The maximum atomic E-state index is 11.2. The molecule has 0 aliphatic heterocycles. The second-order valence-corrected chi connectivity index (χ2v) is 5.01. The molecule has 2 rings (SSSR count). The molecule has 0 aliphatic carbocycles. The van der Waals surface area contributed by atoms with Gasteiger partial charge in [0, 0.05) is 17.0 Å². The summed E-state index contributed by atoms with van der Waals surface area (Å²) in [5.74, 6) is 1.22. The molecule has 0 bridgehead atoms. The van der Waals surface area contributed by atoms with Crippen LogP contribution in [0.5, 0.6) is 11.5 Å². The molecule has 0 amide bonds. The first-order chi connectivity index (χ1) is 9.06. The molecule has 4 heteroatoms. The van der Waals surface area contributed by atoms with Gasteiger partial charge in [-0.1, -0.05) is 41.4 Å². The summed E-state index contributed by atoms with van der Waals surface area (Å²) >= 11 is 11.9. The molecule has 19 heavy (non-hydrogen) atoms. The lowest BCUT2D eigenvalue weighted by molar-refractivity contribution is -0.116. The topological polar surface area (TPSA) is 26.3 Å². The van der Waals surface area contributed by atoms with Crippen LogP contribution in [0.25, 0.3) is 0 Å². The third-order valence-electron chi connectivity index (χ3n) is 2.53. The third kappa shape index (κ3) is 3.72. The van der Waals surface area contributed by atoms with Crippen LogP contribution in [0.3, 0.4) is 0 Å². The Hall–Kier alpha value is -1.51. The lowest BCUT2D eigenvalue weighted by Gasteiger charge is -2.11. The van der Waals surface area contributed by atoms with Gasteiger partial charge in [-0.3, -0.25) is 4.79 Å². The molecule has 0 heterocycles. The number of carbonyl (C=O) groups excluding carboxylic acids is 1. The van der Waals surface area contributed by atoms with Gasteiger partial charge >= 0.3 is 0 Å². The van der Waals surface area contributed by atoms with Gasteiger partial charge in [0.1, 0.15) is 17.3 Å². The van der Waals surface area contributed by atoms with Crippen molar-refractivity contribution in [2.75, 3.05) is 0 Å². The van der Waals surface area contributed by atoms with Crippen molar-refractivity contribution in [1.29, 1.82) is 0 Å². The predicted octanol–water partition coefficient (Wildman–Crippen LogP) is 4.92. The Morgan fingerprint density at radius 2 is 1.84 bits per heavy atom.